The van der Waals surface area contributed by atoms with Gasteiger partial charge in [0, 0.05) is 234 Å². The Morgan fingerprint density at radius 1 is 0.615 bits per heavy atom. The van der Waals surface area contributed by atoms with E-state index in [9.17, 15) is 28.8 Å². The predicted molar refractivity (Wildman–Crippen MR) is 121 cm³/mol. The molecule has 0 aliphatic carbocycles. The zero-order valence-electron chi connectivity index (χ0n) is 21.4. The van der Waals surface area contributed by atoms with E-state index in [4.69, 9.17) is 5.73 Å². The second-order valence-corrected chi connectivity index (χ2v) is 6.22. The Hall–Kier alpha value is 1.88. The van der Waals surface area contributed by atoms with Gasteiger partial charge in [-0.05, 0) is 23.8 Å². The minimum absolute atomic E-state index is 0. The van der Waals surface area contributed by atoms with Crippen LogP contribution in [0.15, 0.2) is 36.4 Å². The monoisotopic (exact) mass is 987 g/mol. The van der Waals surface area contributed by atoms with E-state index in [1.807, 2.05) is 0 Å². The first-order valence-corrected chi connectivity index (χ1v) is 9.19. The summed E-state index contributed by atoms with van der Waals surface area (Å²) in [6.07, 6.45) is 2.84. The zero-order chi connectivity index (χ0) is 25.0. The minimum atomic E-state index is -0.918. The molecule has 0 aromatic heterocycles. The maximum atomic E-state index is 11.6. The minimum Gasteiger partial charge on any atom is -0.664 e. The smallest absolute Gasteiger partial charge is 0.251 e. The molecule has 6 radical (unpaired) electrons. The molecule has 2 aromatic carbocycles. The third-order valence-electron chi connectivity index (χ3n) is 3.82. The Morgan fingerprint density at radius 2 is 0.974 bits per heavy atom. The molecule has 0 heterocycles. The summed E-state index contributed by atoms with van der Waals surface area (Å²) in [5.74, 6) is -1.84. The van der Waals surface area contributed by atoms with Gasteiger partial charge in [0.15, 0.2) is 0 Å². The Kier molecular flexibility index (Phi) is 41.0. The first-order chi connectivity index (χ1) is 15.6. The average Bonchev–Trinajstić information content (AvgIpc) is 2.78. The topological polar surface area (TPSA) is 186 Å². The zero-order valence-corrected chi connectivity index (χ0v) is 38.4. The van der Waals surface area contributed by atoms with Gasteiger partial charge in [-0.1, -0.05) is 0 Å². The van der Waals surface area contributed by atoms with Crippen molar-refractivity contribution in [3.05, 3.63) is 58.8 Å². The molecule has 192 valence electrons. The molecule has 6 amide bonds. The molecule has 0 aliphatic rings. The van der Waals surface area contributed by atoms with E-state index < -0.39 is 5.91 Å². The Bertz CT molecular complexity index is 1030. The molecule has 0 spiro atoms. The van der Waals surface area contributed by atoms with Gasteiger partial charge in [-0.25, -0.2) is 0 Å². The predicted octanol–water partition coefficient (Wildman–Crippen LogP) is 1.19. The van der Waals surface area contributed by atoms with E-state index in [1.165, 1.54) is 70.2 Å². The summed E-state index contributed by atoms with van der Waals surface area (Å²) in [7, 11) is 2.99. The van der Waals surface area contributed by atoms with Crippen LogP contribution in [0.5, 0.6) is 0 Å². The molecular weight excluding hydrogens is 966 g/mol. The van der Waals surface area contributed by atoms with Gasteiger partial charge in [0.05, 0.1) is 18.7 Å². The van der Waals surface area contributed by atoms with Crippen molar-refractivity contribution in [1.29, 1.82) is 0 Å². The number of nitrogens with one attached hydrogen (secondary N) is 6. The number of hydrogen-bond acceptors (Lipinski definition) is 6. The van der Waals surface area contributed by atoms with Crippen LogP contribution >= 0.6 is 0 Å². The van der Waals surface area contributed by atoms with Crippen LogP contribution in [0.4, 0.5) is 17.1 Å². The van der Waals surface area contributed by atoms with Crippen LogP contribution in [-0.4, -0.2) is 50.5 Å². The van der Waals surface area contributed by atoms with E-state index in [0.29, 0.717) is 16.8 Å². The second kappa shape index (κ2) is 29.9. The largest absolute Gasteiger partial charge is 0.664 e. The molecule has 0 unspecified atom stereocenters. The van der Waals surface area contributed by atoms with Gasteiger partial charge < -0.3 is 46.7 Å². The van der Waals surface area contributed by atoms with Crippen LogP contribution in [0.1, 0.15) is 38.0 Å². The van der Waals surface area contributed by atoms with Crippen LogP contribution in [0.25, 0.3) is 5.73 Å². The van der Waals surface area contributed by atoms with Crippen molar-refractivity contribution in [3.63, 3.8) is 0 Å². The number of hydrogen-bond donors (Lipinski definition) is 5. The number of carbonyl (C=O) groups is 4. The number of rotatable bonds is 8. The van der Waals surface area contributed by atoms with Crippen molar-refractivity contribution in [2.45, 2.75) is 6.92 Å². The normalized spacial score (nSPS) is 7.87. The maximum Gasteiger partial charge on any atom is 0.251 e. The summed E-state index contributed by atoms with van der Waals surface area (Å²) in [6.45, 7) is 1.35. The number of carbonyl (C=O) groups excluding carboxylic acids is 6. The van der Waals surface area contributed by atoms with E-state index in [0.717, 1.165) is 0 Å². The maximum absolute atomic E-state index is 11.6. The number of amides is 6. The van der Waals surface area contributed by atoms with E-state index >= 15 is 0 Å². The first-order valence-electron chi connectivity index (χ1n) is 9.19. The molecule has 2 aromatic rings. The molecule has 0 bridgehead atoms. The Morgan fingerprint density at radius 3 is 1.26 bits per heavy atom. The third kappa shape index (κ3) is 21.3. The summed E-state index contributed by atoms with van der Waals surface area (Å²) in [6, 6.07) is 8.48. The SMILES string of the molecule is CNC(=O)c1cc(NC(C)=O)cc(C(=O)NC)c1.[NH-]C(=O)c1cc(N[C-]=O)cc(N[C-]=O)c1.[Y].[Y].[Y].[Y].[Y].[Y]. The van der Waals surface area contributed by atoms with E-state index in [-0.39, 0.29) is 231 Å². The summed E-state index contributed by atoms with van der Waals surface area (Å²) < 4.78 is 0. The molecule has 2 rings (SSSR count). The molecule has 39 heavy (non-hydrogen) atoms. The van der Waals surface area contributed by atoms with Crippen LogP contribution < -0.4 is 26.6 Å². The summed E-state index contributed by atoms with van der Waals surface area (Å²) in [5, 5.41) is 11.9. The molecule has 18 heteroatoms. The van der Waals surface area contributed by atoms with Gasteiger partial charge in [0.2, 0.25) is 5.91 Å². The van der Waals surface area contributed by atoms with E-state index in [1.54, 1.807) is 0 Å². The standard InChI is InChI=1S/C12H15N3O3.C9H7N3O3.6Y/c1-7(16)15-10-5-8(11(17)13-2)4-9(6-10)12(18)14-3;10-9(15)6-1-7(11-4-13)3-8(2-6)12-5-14;;;;;;/h4-6H,1-3H3,(H,13,17)(H,14,18)(H,15,16);1-3H,(H4,10,11,12,13,14,15);;;;;;/q;-2;;;;;;/p-1. The molecule has 0 saturated carbocycles. The fourth-order valence-electron chi connectivity index (χ4n) is 2.47. The van der Waals surface area contributed by atoms with Gasteiger partial charge in [-0.15, -0.1) is 23.5 Å². The fraction of sp³-hybridized carbons (Fsp3) is 0.143. The van der Waals surface area contributed by atoms with Crippen LogP contribution in [0, 0.1) is 0 Å². The Balaban J connectivity index is -0.000000122. The van der Waals surface area contributed by atoms with Crippen molar-refractivity contribution in [3.8, 4) is 0 Å². The fourth-order valence-corrected chi connectivity index (χ4v) is 2.47. The van der Waals surface area contributed by atoms with Gasteiger partial charge in [0.1, 0.15) is 0 Å². The van der Waals surface area contributed by atoms with Crippen molar-refractivity contribution in [2.75, 3.05) is 30.0 Å². The van der Waals surface area contributed by atoms with Crippen molar-refractivity contribution in [2.24, 2.45) is 0 Å². The molecular formula is C21H21N6O6Y6-3. The summed E-state index contributed by atoms with van der Waals surface area (Å²) in [5.41, 5.74) is 8.48. The average molecular weight is 987 g/mol. The Labute approximate surface area is 377 Å². The van der Waals surface area contributed by atoms with Gasteiger partial charge in [0.25, 0.3) is 11.8 Å². The second-order valence-electron chi connectivity index (χ2n) is 6.22. The quantitative estimate of drug-likeness (QED) is 0.196. The van der Waals surface area contributed by atoms with Crippen LogP contribution in [0.3, 0.4) is 0 Å². The van der Waals surface area contributed by atoms with Gasteiger partial charge >= 0.3 is 0 Å². The van der Waals surface area contributed by atoms with Gasteiger partial charge in [-0.3, -0.25) is 14.4 Å². The van der Waals surface area contributed by atoms with Gasteiger partial charge in [-0.2, -0.15) is 6.07 Å². The van der Waals surface area contributed by atoms with Crippen molar-refractivity contribution < 1.29 is 225 Å². The van der Waals surface area contributed by atoms with Crippen LogP contribution in [-0.2, 0) is 211 Å². The molecule has 0 atom stereocenters. The summed E-state index contributed by atoms with van der Waals surface area (Å²) >= 11 is 0. The van der Waals surface area contributed by atoms with Crippen molar-refractivity contribution in [1.82, 2.24) is 10.6 Å². The molecule has 12 nitrogen and oxygen atoms in total. The molecule has 0 aliphatic heterocycles. The summed E-state index contributed by atoms with van der Waals surface area (Å²) in [4.78, 5) is 65.0. The van der Waals surface area contributed by atoms with E-state index in [2.05, 4.69) is 26.6 Å². The molecule has 0 fully saturated rings. The van der Waals surface area contributed by atoms with Crippen molar-refractivity contribution >= 4 is 53.5 Å². The third-order valence-corrected chi connectivity index (χ3v) is 3.82. The molecule has 6 N–H and O–H groups in total. The number of anilines is 3. The first kappa shape index (κ1) is 53.4. The number of benzene rings is 2. The molecule has 0 saturated heterocycles. The van der Waals surface area contributed by atoms with Crippen LogP contribution in [0.2, 0.25) is 0 Å².